The predicted octanol–water partition coefficient (Wildman–Crippen LogP) is 3.01. The van der Waals surface area contributed by atoms with E-state index in [1.807, 2.05) is 13.8 Å². The summed E-state index contributed by atoms with van der Waals surface area (Å²) in [4.78, 5) is 44.5. The first-order chi connectivity index (χ1) is 15.7. The second-order valence-electron chi connectivity index (χ2n) is 10.0. The van der Waals surface area contributed by atoms with E-state index in [1.165, 1.54) is 0 Å². The number of unbranched alkanes of at least 4 members (excludes halogenated alkanes) is 3. The minimum absolute atomic E-state index is 0.0208. The van der Waals surface area contributed by atoms with Gasteiger partial charge in [-0.3, -0.25) is 14.4 Å². The number of likely N-dealkylation sites (tertiary alicyclic amines) is 1. The van der Waals surface area contributed by atoms with Crippen LogP contribution in [-0.2, 0) is 19.1 Å². The maximum Gasteiger partial charge on any atom is 0.311 e. The third-order valence-electron chi connectivity index (χ3n) is 7.59. The van der Waals surface area contributed by atoms with Crippen LogP contribution in [0.4, 0.5) is 0 Å². The van der Waals surface area contributed by atoms with Crippen molar-refractivity contribution in [3.63, 3.8) is 0 Å². The van der Waals surface area contributed by atoms with Crippen molar-refractivity contribution in [2.24, 2.45) is 11.8 Å². The summed E-state index contributed by atoms with van der Waals surface area (Å²) in [6.07, 6.45) is 6.55. The first-order valence-corrected chi connectivity index (χ1v) is 13.2. The summed E-state index contributed by atoms with van der Waals surface area (Å²) in [6.45, 7) is 13.0. The number of esters is 1. The molecule has 3 rings (SSSR count). The number of rotatable bonds is 12. The van der Waals surface area contributed by atoms with Crippen LogP contribution >= 0.6 is 11.8 Å². The highest BCUT2D eigenvalue weighted by molar-refractivity contribution is 8.02. The van der Waals surface area contributed by atoms with E-state index in [9.17, 15) is 14.4 Å². The third kappa shape index (κ3) is 4.45. The van der Waals surface area contributed by atoms with Crippen molar-refractivity contribution in [1.29, 1.82) is 0 Å². The lowest BCUT2D eigenvalue weighted by Gasteiger charge is -2.38. The van der Waals surface area contributed by atoms with Gasteiger partial charge < -0.3 is 19.6 Å². The quantitative estimate of drug-likeness (QED) is 0.263. The van der Waals surface area contributed by atoms with Gasteiger partial charge in [-0.25, -0.2) is 0 Å². The van der Waals surface area contributed by atoms with Gasteiger partial charge in [-0.2, -0.15) is 0 Å². The fourth-order valence-corrected chi connectivity index (χ4v) is 8.47. The molecule has 1 spiro atoms. The van der Waals surface area contributed by atoms with Gasteiger partial charge in [0.05, 0.1) is 23.2 Å². The van der Waals surface area contributed by atoms with Crippen molar-refractivity contribution in [2.75, 3.05) is 26.3 Å². The zero-order chi connectivity index (χ0) is 24.4. The summed E-state index contributed by atoms with van der Waals surface area (Å²) in [5.41, 5.74) is 0. The lowest BCUT2D eigenvalue weighted by Crippen LogP contribution is -2.56. The average molecular weight is 481 g/mol. The molecule has 0 saturated carbocycles. The molecule has 3 heterocycles. The van der Waals surface area contributed by atoms with Gasteiger partial charge in [-0.05, 0) is 53.4 Å². The number of ether oxygens (including phenoxy) is 1. The van der Waals surface area contributed by atoms with Crippen LogP contribution < -0.4 is 0 Å². The first kappa shape index (κ1) is 26.1. The Balaban J connectivity index is 1.98. The summed E-state index contributed by atoms with van der Waals surface area (Å²) in [5, 5.41) is 9.06. The number of nitrogens with zero attached hydrogens (tertiary/aromatic N) is 2. The van der Waals surface area contributed by atoms with Crippen molar-refractivity contribution < 1.29 is 24.2 Å². The highest BCUT2D eigenvalue weighted by Gasteiger charge is 2.77. The largest absolute Gasteiger partial charge is 0.466 e. The van der Waals surface area contributed by atoms with Crippen molar-refractivity contribution in [2.45, 2.75) is 87.8 Å². The van der Waals surface area contributed by atoms with Gasteiger partial charge in [-0.1, -0.05) is 18.9 Å². The monoisotopic (exact) mass is 480 g/mol. The second-order valence-corrected chi connectivity index (χ2v) is 11.9. The van der Waals surface area contributed by atoms with E-state index in [1.54, 1.807) is 34.6 Å². The molecule has 0 radical (unpaired) electrons. The van der Waals surface area contributed by atoms with Crippen molar-refractivity contribution in [1.82, 2.24) is 9.80 Å². The lowest BCUT2D eigenvalue weighted by atomic mass is 9.66. The van der Waals surface area contributed by atoms with Crippen LogP contribution in [0.25, 0.3) is 0 Å². The smallest absolute Gasteiger partial charge is 0.311 e. The van der Waals surface area contributed by atoms with Gasteiger partial charge in [0, 0.05) is 30.5 Å². The SMILES string of the molecule is C=CCN(C(=O)C1N(CCCCCCO)C(=O)[C@@H]2[C@@H](C(=O)OCC)[C@@]3(C)CCC12S3)C(C)C. The number of hydrogen-bond acceptors (Lipinski definition) is 6. The van der Waals surface area contributed by atoms with E-state index in [0.29, 0.717) is 13.1 Å². The summed E-state index contributed by atoms with van der Waals surface area (Å²) < 4.78 is 4.44. The van der Waals surface area contributed by atoms with E-state index in [2.05, 4.69) is 13.5 Å². The summed E-state index contributed by atoms with van der Waals surface area (Å²) in [7, 11) is 0. The number of carbonyl (C=O) groups is 3. The van der Waals surface area contributed by atoms with Crippen molar-refractivity contribution in [3.8, 4) is 0 Å². The highest BCUT2D eigenvalue weighted by atomic mass is 32.2. The normalized spacial score (nSPS) is 32.4. The Morgan fingerprint density at radius 2 is 2.00 bits per heavy atom. The number of amides is 2. The molecule has 2 bridgehead atoms. The topological polar surface area (TPSA) is 87.2 Å². The molecule has 186 valence electrons. The Labute approximate surface area is 202 Å². The molecule has 33 heavy (non-hydrogen) atoms. The molecule has 3 aliphatic rings. The summed E-state index contributed by atoms with van der Waals surface area (Å²) in [6, 6.07) is -0.603. The van der Waals surface area contributed by atoms with Crippen molar-refractivity contribution >= 4 is 29.5 Å². The number of aliphatic hydroxyl groups is 1. The minimum Gasteiger partial charge on any atom is -0.466 e. The van der Waals surface area contributed by atoms with E-state index in [0.717, 1.165) is 38.5 Å². The van der Waals surface area contributed by atoms with Crippen LogP contribution in [0.5, 0.6) is 0 Å². The fourth-order valence-electron chi connectivity index (χ4n) is 6.13. The zero-order valence-electron chi connectivity index (χ0n) is 20.5. The summed E-state index contributed by atoms with van der Waals surface area (Å²) in [5.74, 6) is -1.48. The van der Waals surface area contributed by atoms with Gasteiger partial charge in [0.1, 0.15) is 6.04 Å². The maximum absolute atomic E-state index is 14.0. The molecule has 7 nitrogen and oxygen atoms in total. The predicted molar refractivity (Wildman–Crippen MR) is 130 cm³/mol. The fraction of sp³-hybridized carbons (Fsp3) is 0.800. The van der Waals surface area contributed by atoms with Crippen LogP contribution in [0.1, 0.15) is 66.2 Å². The van der Waals surface area contributed by atoms with E-state index < -0.39 is 22.6 Å². The molecule has 2 amide bonds. The van der Waals surface area contributed by atoms with Crippen LogP contribution in [0.2, 0.25) is 0 Å². The van der Waals surface area contributed by atoms with Gasteiger partial charge >= 0.3 is 5.97 Å². The second kappa shape index (κ2) is 10.4. The van der Waals surface area contributed by atoms with Gasteiger partial charge in [-0.15, -0.1) is 18.3 Å². The zero-order valence-corrected chi connectivity index (χ0v) is 21.4. The Kier molecular flexibility index (Phi) is 8.20. The number of carbonyl (C=O) groups excluding carboxylic acids is 3. The van der Waals surface area contributed by atoms with Crippen LogP contribution in [-0.4, -0.2) is 80.6 Å². The molecule has 1 N–H and O–H groups in total. The minimum atomic E-state index is -0.597. The Hall–Kier alpha value is -1.54. The molecule has 3 fully saturated rings. The molecule has 0 aromatic heterocycles. The van der Waals surface area contributed by atoms with Gasteiger partial charge in [0.25, 0.3) is 0 Å². The van der Waals surface area contributed by atoms with Gasteiger partial charge in [0.2, 0.25) is 11.8 Å². The first-order valence-electron chi connectivity index (χ1n) is 12.4. The molecule has 3 saturated heterocycles. The standard InChI is InChI=1S/C25H40N2O5S/c1-6-14-26(17(3)4)22(30)20-25-13-12-24(5,33-25)19(23(31)32-7-2)18(25)21(29)27(20)15-10-8-9-11-16-28/h6,17-20,28H,1,7-16H2,2-5H3/t18-,19-,20?,24+,25?/m0/s1. The molecule has 5 atom stereocenters. The average Bonchev–Trinajstić information content (AvgIpc) is 3.32. The molecular formula is C25H40N2O5S. The molecular weight excluding hydrogens is 440 g/mol. The third-order valence-corrected chi connectivity index (χ3v) is 9.58. The van der Waals surface area contributed by atoms with E-state index >= 15 is 0 Å². The number of thioether (sulfide) groups is 1. The van der Waals surface area contributed by atoms with Crippen LogP contribution in [0, 0.1) is 11.8 Å². The van der Waals surface area contributed by atoms with E-state index in [-0.39, 0.29) is 41.8 Å². The van der Waals surface area contributed by atoms with Crippen LogP contribution in [0.15, 0.2) is 12.7 Å². The lowest BCUT2D eigenvalue weighted by molar-refractivity contribution is -0.155. The Morgan fingerprint density at radius 3 is 2.61 bits per heavy atom. The molecule has 0 aromatic carbocycles. The Bertz CT molecular complexity index is 774. The molecule has 0 aromatic rings. The number of fused-ring (bicyclic) bond motifs is 1. The summed E-state index contributed by atoms with van der Waals surface area (Å²) >= 11 is 1.68. The number of aliphatic hydroxyl groups excluding tert-OH is 1. The number of hydrogen-bond donors (Lipinski definition) is 1. The molecule has 8 heteroatoms. The Morgan fingerprint density at radius 1 is 1.30 bits per heavy atom. The maximum atomic E-state index is 14.0. The van der Waals surface area contributed by atoms with Crippen LogP contribution in [0.3, 0.4) is 0 Å². The highest BCUT2D eigenvalue weighted by Crippen LogP contribution is 2.71. The molecule has 3 aliphatic heterocycles. The molecule has 2 unspecified atom stereocenters. The molecule has 0 aliphatic carbocycles. The van der Waals surface area contributed by atoms with E-state index in [4.69, 9.17) is 9.84 Å². The van der Waals surface area contributed by atoms with Gasteiger partial charge in [0.15, 0.2) is 0 Å². The van der Waals surface area contributed by atoms with Crippen molar-refractivity contribution in [3.05, 3.63) is 12.7 Å².